The number of hydrogen-bond acceptors (Lipinski definition) is 1. The van der Waals surface area contributed by atoms with Crippen LogP contribution in [0.5, 0.6) is 0 Å². The molecule has 0 N–H and O–H groups in total. The molecule has 1 heteroatoms. The van der Waals surface area contributed by atoms with Gasteiger partial charge in [0.15, 0.2) is 0 Å². The molecule has 0 bridgehead atoms. The van der Waals surface area contributed by atoms with E-state index in [0.29, 0.717) is 0 Å². The van der Waals surface area contributed by atoms with Crippen LogP contribution in [0.1, 0.15) is 24.0 Å². The molecule has 1 atom stereocenters. The zero-order valence-electron chi connectivity index (χ0n) is 6.91. The first-order chi connectivity index (χ1) is 5.83. The molecule has 0 radical (unpaired) electrons. The second-order valence-electron chi connectivity index (χ2n) is 3.04. The first kappa shape index (κ1) is 7.12. The van der Waals surface area contributed by atoms with Crippen molar-refractivity contribution >= 4 is 5.57 Å². The van der Waals surface area contributed by atoms with Crippen LogP contribution in [0.15, 0.2) is 30.3 Å². The topological polar surface area (TPSA) is 23.8 Å². The number of hydrogen-bond donors (Lipinski definition) is 0. The van der Waals surface area contributed by atoms with Gasteiger partial charge in [-0.25, -0.2) is 0 Å². The molecule has 1 aromatic carbocycles. The van der Waals surface area contributed by atoms with Crippen molar-refractivity contribution < 1.29 is 0 Å². The Hall–Kier alpha value is -1.55. The van der Waals surface area contributed by atoms with E-state index in [4.69, 9.17) is 5.26 Å². The lowest BCUT2D eigenvalue weighted by molar-refractivity contribution is 1.12. The molecule has 0 aromatic heterocycles. The highest BCUT2D eigenvalue weighted by atomic mass is 14.3. The molecule has 0 spiro atoms. The number of benzene rings is 1. The molecule has 0 aliphatic heterocycles. The molecule has 0 saturated heterocycles. The first-order valence-electron chi connectivity index (χ1n) is 4.00. The highest BCUT2D eigenvalue weighted by Gasteiger charge is 2.19. The van der Waals surface area contributed by atoms with Crippen LogP contribution < -0.4 is 0 Å². The lowest BCUT2D eigenvalue weighted by Gasteiger charge is -2.00. The largest absolute Gasteiger partial charge is 0.197 e. The molecular weight excluding hydrogens is 146 g/mol. The van der Waals surface area contributed by atoms with Crippen molar-refractivity contribution in [3.8, 4) is 6.07 Å². The lowest BCUT2D eigenvalue weighted by Crippen LogP contribution is -1.87. The van der Waals surface area contributed by atoms with Crippen LogP contribution in [0.3, 0.4) is 0 Å². The minimum Gasteiger partial charge on any atom is -0.197 e. The molecule has 1 aromatic rings. The lowest BCUT2D eigenvalue weighted by atomic mass is 10.0. The maximum atomic E-state index is 8.84. The van der Waals surface area contributed by atoms with Crippen molar-refractivity contribution in [2.75, 3.05) is 0 Å². The van der Waals surface area contributed by atoms with Gasteiger partial charge < -0.3 is 0 Å². The molecule has 1 nitrogen and oxygen atoms in total. The van der Waals surface area contributed by atoms with Gasteiger partial charge in [0.2, 0.25) is 0 Å². The van der Waals surface area contributed by atoms with Crippen LogP contribution in [-0.4, -0.2) is 0 Å². The molecule has 58 valence electrons. The van der Waals surface area contributed by atoms with E-state index in [0.717, 1.165) is 5.56 Å². The Balaban J connectivity index is 2.61. The van der Waals surface area contributed by atoms with E-state index in [1.807, 2.05) is 24.3 Å². The van der Waals surface area contributed by atoms with Crippen LogP contribution in [0.25, 0.3) is 5.57 Å². The highest BCUT2D eigenvalue weighted by Crippen LogP contribution is 2.34. The van der Waals surface area contributed by atoms with Crippen LogP contribution in [0.4, 0.5) is 0 Å². The van der Waals surface area contributed by atoms with Gasteiger partial charge in [0.1, 0.15) is 0 Å². The second kappa shape index (κ2) is 2.49. The molecule has 0 fully saturated rings. The summed E-state index contributed by atoms with van der Waals surface area (Å²) >= 11 is 0. The third-order valence-electron chi connectivity index (χ3n) is 2.28. The van der Waals surface area contributed by atoms with Crippen molar-refractivity contribution in [1.82, 2.24) is 0 Å². The maximum absolute atomic E-state index is 8.84. The second-order valence-corrected chi connectivity index (χ2v) is 3.04. The summed E-state index contributed by atoms with van der Waals surface area (Å²) in [6, 6.07) is 10.4. The zero-order chi connectivity index (χ0) is 8.55. The summed E-state index contributed by atoms with van der Waals surface area (Å²) in [5.74, 6) is -0.0267. The number of allylic oxidation sites excluding steroid dienone is 2. The summed E-state index contributed by atoms with van der Waals surface area (Å²) in [4.78, 5) is 0. The van der Waals surface area contributed by atoms with E-state index in [-0.39, 0.29) is 5.92 Å². The Morgan fingerprint density at radius 3 is 2.83 bits per heavy atom. The Bertz CT molecular complexity index is 382. The summed E-state index contributed by atoms with van der Waals surface area (Å²) in [5, 5.41) is 8.84. The predicted molar refractivity (Wildman–Crippen MR) is 48.4 cm³/mol. The molecule has 0 amide bonds. The number of nitriles is 1. The number of rotatable bonds is 0. The fraction of sp³-hybridized carbons (Fsp3) is 0.182. The Kier molecular flexibility index (Phi) is 1.48. The van der Waals surface area contributed by atoms with Crippen LogP contribution in [0, 0.1) is 11.3 Å². The van der Waals surface area contributed by atoms with Gasteiger partial charge in [0.05, 0.1) is 12.0 Å². The smallest absolute Gasteiger partial charge is 0.0905 e. The first-order valence-corrected chi connectivity index (χ1v) is 4.00. The van der Waals surface area contributed by atoms with E-state index < -0.39 is 0 Å². The van der Waals surface area contributed by atoms with E-state index in [2.05, 4.69) is 19.1 Å². The average Bonchev–Trinajstić information content (AvgIpc) is 2.44. The van der Waals surface area contributed by atoms with Gasteiger partial charge in [-0.3, -0.25) is 0 Å². The SMILES string of the molecule is CC1=CC(C#N)c2ccccc21. The highest BCUT2D eigenvalue weighted by molar-refractivity contribution is 5.74. The molecule has 12 heavy (non-hydrogen) atoms. The van der Waals surface area contributed by atoms with Crippen molar-refractivity contribution in [2.24, 2.45) is 0 Å². The summed E-state index contributed by atoms with van der Waals surface area (Å²) < 4.78 is 0. The van der Waals surface area contributed by atoms with Gasteiger partial charge in [0, 0.05) is 0 Å². The Morgan fingerprint density at radius 2 is 2.08 bits per heavy atom. The van der Waals surface area contributed by atoms with Crippen LogP contribution >= 0.6 is 0 Å². The predicted octanol–water partition coefficient (Wildman–Crippen LogP) is 2.71. The van der Waals surface area contributed by atoms with E-state index in [1.165, 1.54) is 11.1 Å². The molecule has 1 aliphatic carbocycles. The summed E-state index contributed by atoms with van der Waals surface area (Å²) in [7, 11) is 0. The van der Waals surface area contributed by atoms with Gasteiger partial charge >= 0.3 is 0 Å². The Morgan fingerprint density at radius 1 is 1.33 bits per heavy atom. The average molecular weight is 155 g/mol. The molecule has 0 heterocycles. The molecule has 2 rings (SSSR count). The summed E-state index contributed by atoms with van der Waals surface area (Å²) in [6.45, 7) is 2.05. The van der Waals surface area contributed by atoms with E-state index >= 15 is 0 Å². The van der Waals surface area contributed by atoms with Gasteiger partial charge in [-0.2, -0.15) is 5.26 Å². The molecule has 1 aliphatic rings. The van der Waals surface area contributed by atoms with Crippen molar-refractivity contribution in [3.05, 3.63) is 41.5 Å². The third kappa shape index (κ3) is 0.853. The summed E-state index contributed by atoms with van der Waals surface area (Å²) in [5.41, 5.74) is 3.60. The standard InChI is InChI=1S/C11H9N/c1-8-6-9(7-12)11-5-3-2-4-10(8)11/h2-6,9H,1H3. The number of nitrogens with zero attached hydrogens (tertiary/aromatic N) is 1. The minimum absolute atomic E-state index is 0.0267. The monoisotopic (exact) mass is 155 g/mol. The molecular formula is C11H9N. The Labute approximate surface area is 72.0 Å². The molecule has 0 saturated carbocycles. The normalized spacial score (nSPS) is 19.7. The van der Waals surface area contributed by atoms with E-state index in [9.17, 15) is 0 Å². The van der Waals surface area contributed by atoms with Gasteiger partial charge in [-0.1, -0.05) is 30.3 Å². The quantitative estimate of drug-likeness (QED) is 0.565. The van der Waals surface area contributed by atoms with Gasteiger partial charge in [-0.15, -0.1) is 0 Å². The number of fused-ring (bicyclic) bond motifs is 1. The fourth-order valence-corrected chi connectivity index (χ4v) is 1.66. The van der Waals surface area contributed by atoms with Crippen molar-refractivity contribution in [1.29, 1.82) is 5.26 Å². The van der Waals surface area contributed by atoms with E-state index in [1.54, 1.807) is 0 Å². The van der Waals surface area contributed by atoms with Gasteiger partial charge in [-0.05, 0) is 23.6 Å². The third-order valence-corrected chi connectivity index (χ3v) is 2.28. The van der Waals surface area contributed by atoms with Crippen LogP contribution in [0.2, 0.25) is 0 Å². The summed E-state index contributed by atoms with van der Waals surface area (Å²) in [6.07, 6.45) is 2.02. The molecule has 1 unspecified atom stereocenters. The van der Waals surface area contributed by atoms with Crippen molar-refractivity contribution in [3.63, 3.8) is 0 Å². The zero-order valence-corrected chi connectivity index (χ0v) is 6.91. The van der Waals surface area contributed by atoms with Gasteiger partial charge in [0.25, 0.3) is 0 Å². The van der Waals surface area contributed by atoms with Crippen LogP contribution in [-0.2, 0) is 0 Å². The minimum atomic E-state index is -0.0267. The van der Waals surface area contributed by atoms with Crippen molar-refractivity contribution in [2.45, 2.75) is 12.8 Å². The maximum Gasteiger partial charge on any atom is 0.0905 e. The fourth-order valence-electron chi connectivity index (χ4n) is 1.66.